The van der Waals surface area contributed by atoms with Gasteiger partial charge in [-0.3, -0.25) is 4.90 Å². The lowest BCUT2D eigenvalue weighted by atomic mass is 9.93. The van der Waals surface area contributed by atoms with Crippen molar-refractivity contribution in [2.24, 2.45) is 5.92 Å². The Hall–Kier alpha value is -1.44. The highest BCUT2D eigenvalue weighted by Gasteiger charge is 2.19. The third kappa shape index (κ3) is 4.03. The van der Waals surface area contributed by atoms with Crippen LogP contribution in [0, 0.1) is 23.1 Å². The minimum atomic E-state index is -0.337. The van der Waals surface area contributed by atoms with Gasteiger partial charge in [0.15, 0.2) is 0 Å². The van der Waals surface area contributed by atoms with E-state index < -0.39 is 0 Å². The number of nitriles is 1. The Morgan fingerprint density at radius 1 is 1.40 bits per heavy atom. The minimum absolute atomic E-state index is 0.337. The normalized spacial score (nSPS) is 17.1. The molecule has 0 atom stereocenters. The third-order valence-electron chi connectivity index (χ3n) is 4.10. The Labute approximate surface area is 120 Å². The van der Waals surface area contributed by atoms with Gasteiger partial charge in [0.25, 0.3) is 0 Å². The smallest absolute Gasteiger partial charge is 0.124 e. The van der Waals surface area contributed by atoms with Gasteiger partial charge in [-0.05, 0) is 69.6 Å². The molecule has 108 valence electrons. The fraction of sp³-hybridized carbons (Fsp3) is 0.562. The molecule has 3 nitrogen and oxygen atoms in total. The number of benzene rings is 1. The monoisotopic (exact) mass is 275 g/mol. The quantitative estimate of drug-likeness (QED) is 0.897. The molecule has 1 aliphatic heterocycles. The van der Waals surface area contributed by atoms with Gasteiger partial charge in [0, 0.05) is 6.54 Å². The van der Waals surface area contributed by atoms with Crippen LogP contribution in [-0.4, -0.2) is 31.6 Å². The number of hydrogen-bond donors (Lipinski definition) is 1. The number of hydrogen-bond acceptors (Lipinski definition) is 3. The van der Waals surface area contributed by atoms with Gasteiger partial charge in [0.2, 0.25) is 0 Å². The van der Waals surface area contributed by atoms with Gasteiger partial charge in [-0.2, -0.15) is 5.26 Å². The maximum Gasteiger partial charge on any atom is 0.124 e. The fourth-order valence-corrected chi connectivity index (χ4v) is 2.81. The van der Waals surface area contributed by atoms with Crippen molar-refractivity contribution in [1.29, 1.82) is 5.26 Å². The lowest BCUT2D eigenvalue weighted by Crippen LogP contribution is -2.34. The van der Waals surface area contributed by atoms with Crippen molar-refractivity contribution in [3.8, 4) is 6.07 Å². The summed E-state index contributed by atoms with van der Waals surface area (Å²) in [4.78, 5) is 2.37. The van der Waals surface area contributed by atoms with Crippen LogP contribution < -0.4 is 5.32 Å². The van der Waals surface area contributed by atoms with Gasteiger partial charge in [-0.1, -0.05) is 6.07 Å². The van der Waals surface area contributed by atoms with Crippen molar-refractivity contribution in [2.45, 2.75) is 25.8 Å². The molecule has 0 spiro atoms. The van der Waals surface area contributed by atoms with E-state index in [1.54, 1.807) is 6.07 Å². The lowest BCUT2D eigenvalue weighted by molar-refractivity contribution is 0.172. The first-order valence-electron chi connectivity index (χ1n) is 7.28. The molecule has 20 heavy (non-hydrogen) atoms. The van der Waals surface area contributed by atoms with Crippen molar-refractivity contribution >= 4 is 0 Å². The summed E-state index contributed by atoms with van der Waals surface area (Å²) in [5.74, 6) is 0.471. The molecule has 0 aliphatic carbocycles. The summed E-state index contributed by atoms with van der Waals surface area (Å²) in [5, 5.41) is 12.3. The number of rotatable bonds is 5. The Kier molecular flexibility index (Phi) is 5.51. The first-order chi connectivity index (χ1) is 9.72. The second kappa shape index (κ2) is 7.37. The second-order valence-electron chi connectivity index (χ2n) is 5.53. The Balaban J connectivity index is 1.88. The average molecular weight is 275 g/mol. The summed E-state index contributed by atoms with van der Waals surface area (Å²) in [6.45, 7) is 3.97. The Bertz CT molecular complexity index is 473. The lowest BCUT2D eigenvalue weighted by Gasteiger charge is -2.32. The van der Waals surface area contributed by atoms with Crippen molar-refractivity contribution in [3.63, 3.8) is 0 Å². The van der Waals surface area contributed by atoms with Crippen LogP contribution >= 0.6 is 0 Å². The van der Waals surface area contributed by atoms with E-state index in [-0.39, 0.29) is 5.82 Å². The van der Waals surface area contributed by atoms with E-state index in [9.17, 15) is 4.39 Å². The molecule has 0 amide bonds. The second-order valence-corrected chi connectivity index (χ2v) is 5.53. The average Bonchev–Trinajstić information content (AvgIpc) is 2.48. The maximum absolute atomic E-state index is 13.1. The molecule has 2 rings (SSSR count). The van der Waals surface area contributed by atoms with Crippen LogP contribution in [0.4, 0.5) is 4.39 Å². The topological polar surface area (TPSA) is 39.1 Å². The van der Waals surface area contributed by atoms with Crippen LogP contribution in [0.2, 0.25) is 0 Å². The first-order valence-corrected chi connectivity index (χ1v) is 7.28. The van der Waals surface area contributed by atoms with E-state index in [1.165, 1.54) is 31.4 Å². The van der Waals surface area contributed by atoms with E-state index >= 15 is 0 Å². The molecule has 1 aliphatic rings. The number of nitrogens with zero attached hydrogens (tertiary/aromatic N) is 2. The van der Waals surface area contributed by atoms with Gasteiger partial charge in [0.1, 0.15) is 5.82 Å². The van der Waals surface area contributed by atoms with E-state index in [4.69, 9.17) is 5.26 Å². The Morgan fingerprint density at radius 2 is 2.15 bits per heavy atom. The summed E-state index contributed by atoms with van der Waals surface area (Å²) in [6.07, 6.45) is 3.67. The van der Waals surface area contributed by atoms with Gasteiger partial charge in [0.05, 0.1) is 11.6 Å². The molecule has 1 heterocycles. The predicted molar refractivity (Wildman–Crippen MR) is 77.7 cm³/mol. The predicted octanol–water partition coefficient (Wildman–Crippen LogP) is 2.52. The van der Waals surface area contributed by atoms with Crippen molar-refractivity contribution < 1.29 is 4.39 Å². The van der Waals surface area contributed by atoms with Gasteiger partial charge >= 0.3 is 0 Å². The van der Waals surface area contributed by atoms with Gasteiger partial charge in [-0.15, -0.1) is 0 Å². The molecular weight excluding hydrogens is 253 g/mol. The van der Waals surface area contributed by atoms with Crippen LogP contribution in [0.25, 0.3) is 0 Å². The molecule has 1 aromatic rings. The highest BCUT2D eigenvalue weighted by molar-refractivity contribution is 5.37. The Morgan fingerprint density at radius 3 is 2.80 bits per heavy atom. The SMILES string of the molecule is CNCCC1CCN(Cc2ccc(F)cc2C#N)CC1. The summed E-state index contributed by atoms with van der Waals surface area (Å²) in [7, 11) is 1.99. The summed E-state index contributed by atoms with van der Waals surface area (Å²) < 4.78 is 13.1. The highest BCUT2D eigenvalue weighted by Crippen LogP contribution is 2.22. The first kappa shape index (κ1) is 15.0. The van der Waals surface area contributed by atoms with Crippen LogP contribution in [0.5, 0.6) is 0 Å². The highest BCUT2D eigenvalue weighted by atomic mass is 19.1. The van der Waals surface area contributed by atoms with E-state index in [2.05, 4.69) is 16.3 Å². The number of likely N-dealkylation sites (tertiary alicyclic amines) is 1. The molecule has 1 aromatic carbocycles. The van der Waals surface area contributed by atoms with Crippen LogP contribution in [0.15, 0.2) is 18.2 Å². The van der Waals surface area contributed by atoms with Gasteiger partial charge in [-0.25, -0.2) is 4.39 Å². The number of piperidine rings is 1. The van der Waals surface area contributed by atoms with Crippen LogP contribution in [-0.2, 0) is 6.54 Å². The van der Waals surface area contributed by atoms with Gasteiger partial charge < -0.3 is 5.32 Å². The van der Waals surface area contributed by atoms with Crippen molar-refractivity contribution in [1.82, 2.24) is 10.2 Å². The summed E-state index contributed by atoms with van der Waals surface area (Å²) >= 11 is 0. The van der Waals surface area contributed by atoms with E-state index in [0.717, 1.165) is 37.7 Å². The maximum atomic E-state index is 13.1. The largest absolute Gasteiger partial charge is 0.320 e. The molecule has 1 fully saturated rings. The van der Waals surface area contributed by atoms with E-state index in [0.29, 0.717) is 5.56 Å². The summed E-state index contributed by atoms with van der Waals surface area (Å²) in [5.41, 5.74) is 1.39. The summed E-state index contributed by atoms with van der Waals surface area (Å²) in [6, 6.07) is 6.59. The zero-order valence-electron chi connectivity index (χ0n) is 12.0. The standard InChI is InChI=1S/C16H22FN3/c1-19-7-4-13-5-8-20(9-6-13)12-14-2-3-16(17)10-15(14)11-18/h2-3,10,13,19H,4-9,12H2,1H3. The number of nitrogens with one attached hydrogen (secondary N) is 1. The zero-order chi connectivity index (χ0) is 14.4. The molecule has 4 heteroatoms. The van der Waals surface area contributed by atoms with E-state index in [1.807, 2.05) is 7.05 Å². The number of halogens is 1. The molecule has 1 saturated heterocycles. The third-order valence-corrected chi connectivity index (χ3v) is 4.10. The minimum Gasteiger partial charge on any atom is -0.320 e. The molecule has 0 aromatic heterocycles. The molecule has 1 N–H and O–H groups in total. The fourth-order valence-electron chi connectivity index (χ4n) is 2.81. The molecule has 0 radical (unpaired) electrons. The molecule has 0 bridgehead atoms. The molecule has 0 saturated carbocycles. The zero-order valence-corrected chi connectivity index (χ0v) is 12.0. The van der Waals surface area contributed by atoms with Crippen molar-refractivity contribution in [2.75, 3.05) is 26.7 Å². The van der Waals surface area contributed by atoms with Crippen LogP contribution in [0.1, 0.15) is 30.4 Å². The molecular formula is C16H22FN3. The van der Waals surface area contributed by atoms with Crippen LogP contribution in [0.3, 0.4) is 0 Å². The molecule has 0 unspecified atom stereocenters. The van der Waals surface area contributed by atoms with Crippen molar-refractivity contribution in [3.05, 3.63) is 35.1 Å².